The van der Waals surface area contributed by atoms with Crippen LogP contribution in [0.2, 0.25) is 0 Å². The van der Waals surface area contributed by atoms with Gasteiger partial charge in [0.2, 0.25) is 0 Å². The number of hydrogen-bond donors (Lipinski definition) is 2. The average molecular weight is 270 g/mol. The first-order valence-electron chi connectivity index (χ1n) is 6.86. The summed E-state index contributed by atoms with van der Waals surface area (Å²) in [5, 5.41) is 3.38. The third-order valence-corrected chi connectivity index (χ3v) is 3.38. The van der Waals surface area contributed by atoms with Crippen molar-refractivity contribution in [2.45, 2.75) is 26.3 Å². The van der Waals surface area contributed by atoms with Crippen molar-refractivity contribution in [2.75, 3.05) is 18.2 Å². The molecule has 3 heteroatoms. The highest BCUT2D eigenvalue weighted by atomic mass is 16.5. The molecule has 0 radical (unpaired) electrons. The quantitative estimate of drug-likeness (QED) is 0.807. The van der Waals surface area contributed by atoms with E-state index >= 15 is 0 Å². The van der Waals surface area contributed by atoms with Crippen molar-refractivity contribution in [2.24, 2.45) is 0 Å². The Bertz CT molecular complexity index is 562. The second-order valence-electron chi connectivity index (χ2n) is 5.21. The van der Waals surface area contributed by atoms with Crippen LogP contribution in [0.25, 0.3) is 0 Å². The second kappa shape index (κ2) is 6.33. The van der Waals surface area contributed by atoms with Crippen molar-refractivity contribution >= 4 is 11.4 Å². The summed E-state index contributed by atoms with van der Waals surface area (Å²) in [6.45, 7) is 5.19. The number of methoxy groups -OCH3 is 1. The van der Waals surface area contributed by atoms with Crippen LogP contribution in [0.15, 0.2) is 42.5 Å². The van der Waals surface area contributed by atoms with Gasteiger partial charge in [-0.2, -0.15) is 0 Å². The molecule has 2 aromatic carbocycles. The van der Waals surface area contributed by atoms with E-state index in [1.807, 2.05) is 18.2 Å². The molecule has 0 atom stereocenters. The Labute approximate surface area is 120 Å². The van der Waals surface area contributed by atoms with Gasteiger partial charge in [0.1, 0.15) is 5.75 Å². The molecule has 0 heterocycles. The molecule has 0 fully saturated rings. The Morgan fingerprint density at radius 2 is 1.80 bits per heavy atom. The number of rotatable bonds is 5. The molecular weight excluding hydrogens is 248 g/mol. The summed E-state index contributed by atoms with van der Waals surface area (Å²) in [5.74, 6) is 1.27. The van der Waals surface area contributed by atoms with Crippen molar-refractivity contribution in [3.63, 3.8) is 0 Å². The largest absolute Gasteiger partial charge is 0.495 e. The minimum Gasteiger partial charge on any atom is -0.495 e. The normalized spacial score (nSPS) is 10.6. The zero-order valence-electron chi connectivity index (χ0n) is 12.3. The van der Waals surface area contributed by atoms with Crippen LogP contribution < -0.4 is 15.8 Å². The standard InChI is InChI=1S/C17H22N2O/c1-12(2)14-6-4-13(5-7-14)11-19-15-8-9-16(18)17(10-15)20-3/h4-10,12,19H,11,18H2,1-3H3. The van der Waals surface area contributed by atoms with Crippen LogP contribution >= 0.6 is 0 Å². The number of benzene rings is 2. The Balaban J connectivity index is 2.01. The highest BCUT2D eigenvalue weighted by Gasteiger charge is 2.02. The first-order chi connectivity index (χ1) is 9.60. The van der Waals surface area contributed by atoms with E-state index in [0.717, 1.165) is 12.2 Å². The van der Waals surface area contributed by atoms with Crippen molar-refractivity contribution in [3.8, 4) is 5.75 Å². The maximum atomic E-state index is 5.80. The van der Waals surface area contributed by atoms with E-state index in [4.69, 9.17) is 10.5 Å². The first kappa shape index (κ1) is 14.3. The van der Waals surface area contributed by atoms with Gasteiger partial charge in [-0.1, -0.05) is 38.1 Å². The molecule has 2 aromatic rings. The van der Waals surface area contributed by atoms with Crippen molar-refractivity contribution < 1.29 is 4.74 Å². The van der Waals surface area contributed by atoms with Gasteiger partial charge in [-0.3, -0.25) is 0 Å². The van der Waals surface area contributed by atoms with E-state index in [1.165, 1.54) is 11.1 Å². The molecule has 0 amide bonds. The zero-order valence-corrected chi connectivity index (χ0v) is 12.3. The minimum absolute atomic E-state index is 0.568. The van der Waals surface area contributed by atoms with Gasteiger partial charge < -0.3 is 15.8 Å². The van der Waals surface area contributed by atoms with Crippen LogP contribution in [0, 0.1) is 0 Å². The molecule has 0 unspecified atom stereocenters. The first-order valence-corrected chi connectivity index (χ1v) is 6.86. The molecule has 0 saturated carbocycles. The lowest BCUT2D eigenvalue weighted by molar-refractivity contribution is 0.417. The molecule has 2 rings (SSSR count). The molecule has 0 aliphatic rings. The van der Waals surface area contributed by atoms with Crippen LogP contribution in [-0.4, -0.2) is 7.11 Å². The molecule has 20 heavy (non-hydrogen) atoms. The summed E-state index contributed by atoms with van der Waals surface area (Å²) >= 11 is 0. The fourth-order valence-electron chi connectivity index (χ4n) is 2.05. The van der Waals surface area contributed by atoms with Crippen molar-refractivity contribution in [1.82, 2.24) is 0 Å². The Hall–Kier alpha value is -2.16. The predicted octanol–water partition coefficient (Wildman–Crippen LogP) is 4.01. The summed E-state index contributed by atoms with van der Waals surface area (Å²) in [6, 6.07) is 14.4. The summed E-state index contributed by atoms with van der Waals surface area (Å²) in [5.41, 5.74) is 10.1. The second-order valence-corrected chi connectivity index (χ2v) is 5.21. The van der Waals surface area contributed by atoms with E-state index < -0.39 is 0 Å². The maximum Gasteiger partial charge on any atom is 0.143 e. The van der Waals surface area contributed by atoms with E-state index in [-0.39, 0.29) is 0 Å². The zero-order chi connectivity index (χ0) is 14.5. The molecular formula is C17H22N2O. The van der Waals surface area contributed by atoms with Crippen molar-refractivity contribution in [3.05, 3.63) is 53.6 Å². The molecule has 3 nitrogen and oxygen atoms in total. The third kappa shape index (κ3) is 3.44. The fraction of sp³-hybridized carbons (Fsp3) is 0.294. The topological polar surface area (TPSA) is 47.3 Å². The van der Waals surface area contributed by atoms with Gasteiger partial charge in [0.25, 0.3) is 0 Å². The fourth-order valence-corrected chi connectivity index (χ4v) is 2.05. The molecule has 0 aliphatic carbocycles. The number of nitrogens with one attached hydrogen (secondary N) is 1. The average Bonchev–Trinajstić information content (AvgIpc) is 2.46. The van der Waals surface area contributed by atoms with E-state index in [2.05, 4.69) is 43.4 Å². The predicted molar refractivity (Wildman–Crippen MR) is 85.3 cm³/mol. The van der Waals surface area contributed by atoms with Gasteiger partial charge in [0.15, 0.2) is 0 Å². The lowest BCUT2D eigenvalue weighted by Crippen LogP contribution is -2.01. The van der Waals surface area contributed by atoms with Gasteiger partial charge in [-0.25, -0.2) is 0 Å². The van der Waals surface area contributed by atoms with Gasteiger partial charge in [0.05, 0.1) is 12.8 Å². The minimum atomic E-state index is 0.568. The molecule has 0 aromatic heterocycles. The van der Waals surface area contributed by atoms with Crippen LogP contribution in [0.1, 0.15) is 30.9 Å². The van der Waals surface area contributed by atoms with Gasteiger partial charge >= 0.3 is 0 Å². The SMILES string of the molecule is COc1cc(NCc2ccc(C(C)C)cc2)ccc1N. The van der Waals surface area contributed by atoms with E-state index in [0.29, 0.717) is 17.4 Å². The van der Waals surface area contributed by atoms with Crippen LogP contribution in [-0.2, 0) is 6.54 Å². The number of nitrogens with two attached hydrogens (primary N) is 1. The number of hydrogen-bond acceptors (Lipinski definition) is 3. The van der Waals surface area contributed by atoms with E-state index in [9.17, 15) is 0 Å². The van der Waals surface area contributed by atoms with Gasteiger partial charge in [0, 0.05) is 18.3 Å². The highest BCUT2D eigenvalue weighted by Crippen LogP contribution is 2.25. The lowest BCUT2D eigenvalue weighted by Gasteiger charge is -2.11. The number of ether oxygens (including phenoxy) is 1. The molecule has 106 valence electrons. The summed E-state index contributed by atoms with van der Waals surface area (Å²) in [4.78, 5) is 0. The highest BCUT2D eigenvalue weighted by molar-refractivity contribution is 5.61. The third-order valence-electron chi connectivity index (χ3n) is 3.38. The Morgan fingerprint density at radius 3 is 2.40 bits per heavy atom. The molecule has 0 spiro atoms. The Morgan fingerprint density at radius 1 is 1.10 bits per heavy atom. The van der Waals surface area contributed by atoms with Gasteiger partial charge in [-0.05, 0) is 29.2 Å². The summed E-state index contributed by atoms with van der Waals surface area (Å²) in [6.07, 6.45) is 0. The maximum absolute atomic E-state index is 5.80. The molecule has 0 bridgehead atoms. The van der Waals surface area contributed by atoms with Crippen LogP contribution in [0.5, 0.6) is 5.75 Å². The molecule has 0 aliphatic heterocycles. The van der Waals surface area contributed by atoms with E-state index in [1.54, 1.807) is 7.11 Å². The Kier molecular flexibility index (Phi) is 4.51. The van der Waals surface area contributed by atoms with Gasteiger partial charge in [-0.15, -0.1) is 0 Å². The number of nitrogen functional groups attached to an aromatic ring is 1. The van der Waals surface area contributed by atoms with Crippen molar-refractivity contribution in [1.29, 1.82) is 0 Å². The lowest BCUT2D eigenvalue weighted by atomic mass is 10.0. The summed E-state index contributed by atoms with van der Waals surface area (Å²) < 4.78 is 5.21. The summed E-state index contributed by atoms with van der Waals surface area (Å²) in [7, 11) is 1.63. The van der Waals surface area contributed by atoms with Crippen LogP contribution in [0.3, 0.4) is 0 Å². The molecule has 3 N–H and O–H groups in total. The monoisotopic (exact) mass is 270 g/mol. The molecule has 0 saturated heterocycles. The smallest absolute Gasteiger partial charge is 0.143 e. The van der Waals surface area contributed by atoms with Crippen LogP contribution in [0.4, 0.5) is 11.4 Å². The number of anilines is 2.